The zero-order chi connectivity index (χ0) is 24.4. The van der Waals surface area contributed by atoms with Crippen molar-refractivity contribution in [2.45, 2.75) is 65.5 Å². The summed E-state index contributed by atoms with van der Waals surface area (Å²) in [4.78, 5) is 35.6. The van der Waals surface area contributed by atoms with Gasteiger partial charge in [-0.1, -0.05) is 44.2 Å². The van der Waals surface area contributed by atoms with E-state index in [4.69, 9.17) is 14.2 Å². The van der Waals surface area contributed by atoms with E-state index in [1.807, 2.05) is 58.9 Å². The minimum Gasteiger partial charge on any atom is -0.459 e. The quantitative estimate of drug-likeness (QED) is 0.223. The molecular formula is C24H36N2O6. The molecule has 2 amide bonds. The lowest BCUT2D eigenvalue weighted by atomic mass is 9.87. The Morgan fingerprint density at radius 2 is 1.34 bits per heavy atom. The van der Waals surface area contributed by atoms with Gasteiger partial charge >= 0.3 is 18.2 Å². The van der Waals surface area contributed by atoms with Crippen LogP contribution in [0.3, 0.4) is 0 Å². The molecule has 8 nitrogen and oxygen atoms in total. The molecular weight excluding hydrogens is 412 g/mol. The molecule has 1 aromatic carbocycles. The highest BCUT2D eigenvalue weighted by atomic mass is 16.6. The first-order valence-corrected chi connectivity index (χ1v) is 10.7. The van der Waals surface area contributed by atoms with Gasteiger partial charge in [0, 0.05) is 5.57 Å². The number of nitrogens with one attached hydrogen (secondary N) is 2. The van der Waals surface area contributed by atoms with Gasteiger partial charge in [-0.3, -0.25) is 0 Å². The smallest absolute Gasteiger partial charge is 0.407 e. The first kappa shape index (κ1) is 27.0. The zero-order valence-corrected chi connectivity index (χ0v) is 20.0. The van der Waals surface area contributed by atoms with Crippen LogP contribution in [-0.2, 0) is 30.1 Å². The number of carbonyl (C=O) groups is 3. The lowest BCUT2D eigenvalue weighted by molar-refractivity contribution is -0.139. The number of carbonyl (C=O) groups excluding carboxylic acids is 3. The number of unbranched alkanes of at least 4 members (excludes halogenated alkanes) is 1. The SMILES string of the molecule is C=C(C)C(=O)OCCOC(=O)NC(C)(C)c1cccc(C(C)(C)NC(=O)OCCCC)c1. The molecule has 8 heteroatoms. The number of esters is 1. The Kier molecular flexibility index (Phi) is 10.2. The largest absolute Gasteiger partial charge is 0.459 e. The average molecular weight is 449 g/mol. The maximum Gasteiger partial charge on any atom is 0.407 e. The molecule has 32 heavy (non-hydrogen) atoms. The molecule has 0 atom stereocenters. The number of hydrogen-bond acceptors (Lipinski definition) is 6. The molecule has 0 fully saturated rings. The topological polar surface area (TPSA) is 103 Å². The van der Waals surface area contributed by atoms with Gasteiger partial charge in [-0.15, -0.1) is 0 Å². The van der Waals surface area contributed by atoms with Gasteiger partial charge in [-0.25, -0.2) is 14.4 Å². The number of hydrogen-bond donors (Lipinski definition) is 2. The van der Waals surface area contributed by atoms with Crippen LogP contribution in [0.25, 0.3) is 0 Å². The molecule has 178 valence electrons. The number of benzene rings is 1. The first-order chi connectivity index (χ1) is 14.9. The molecule has 0 bridgehead atoms. The average Bonchev–Trinajstić information content (AvgIpc) is 2.70. The minimum atomic E-state index is -0.751. The van der Waals surface area contributed by atoms with Crippen LogP contribution in [0.5, 0.6) is 0 Å². The van der Waals surface area contributed by atoms with Gasteiger partial charge in [0.25, 0.3) is 0 Å². The summed E-state index contributed by atoms with van der Waals surface area (Å²) in [5.74, 6) is -0.531. The Morgan fingerprint density at radius 3 is 1.81 bits per heavy atom. The Morgan fingerprint density at radius 1 is 0.875 bits per heavy atom. The number of amides is 2. The maximum atomic E-state index is 12.2. The molecule has 0 aliphatic rings. The van der Waals surface area contributed by atoms with E-state index in [1.165, 1.54) is 0 Å². The molecule has 1 rings (SSSR count). The van der Waals surface area contributed by atoms with Crippen LogP contribution in [0.1, 0.15) is 65.5 Å². The van der Waals surface area contributed by atoms with E-state index in [2.05, 4.69) is 17.2 Å². The molecule has 1 aromatic rings. The summed E-state index contributed by atoms with van der Waals surface area (Å²) < 4.78 is 15.2. The first-order valence-electron chi connectivity index (χ1n) is 10.7. The number of rotatable bonds is 11. The summed E-state index contributed by atoms with van der Waals surface area (Å²) in [5, 5.41) is 5.69. The van der Waals surface area contributed by atoms with E-state index in [-0.39, 0.29) is 18.8 Å². The summed E-state index contributed by atoms with van der Waals surface area (Å²) in [7, 11) is 0. The Balaban J connectivity index is 2.72. The van der Waals surface area contributed by atoms with Crippen molar-refractivity contribution in [1.29, 1.82) is 0 Å². The Labute approximate surface area is 190 Å². The highest BCUT2D eigenvalue weighted by Gasteiger charge is 2.28. The summed E-state index contributed by atoms with van der Waals surface area (Å²) in [5.41, 5.74) is 0.539. The summed E-state index contributed by atoms with van der Waals surface area (Å²) in [6.45, 7) is 14.8. The van der Waals surface area contributed by atoms with Crippen molar-refractivity contribution in [3.8, 4) is 0 Å². The predicted octanol–water partition coefficient (Wildman–Crippen LogP) is 4.53. The zero-order valence-electron chi connectivity index (χ0n) is 20.0. The van der Waals surface area contributed by atoms with Crippen LogP contribution >= 0.6 is 0 Å². The van der Waals surface area contributed by atoms with E-state index in [0.29, 0.717) is 6.61 Å². The second-order valence-electron chi connectivity index (χ2n) is 8.62. The van der Waals surface area contributed by atoms with Crippen LogP contribution in [0.2, 0.25) is 0 Å². The second kappa shape index (κ2) is 12.1. The minimum absolute atomic E-state index is 0.0523. The maximum absolute atomic E-state index is 12.2. The van der Waals surface area contributed by atoms with Crippen molar-refractivity contribution in [3.63, 3.8) is 0 Å². The van der Waals surface area contributed by atoms with Gasteiger partial charge in [-0.05, 0) is 52.2 Å². The molecule has 0 aliphatic carbocycles. The van der Waals surface area contributed by atoms with Crippen LogP contribution < -0.4 is 10.6 Å². The number of alkyl carbamates (subject to hydrolysis) is 2. The molecule has 0 heterocycles. The Bertz CT molecular complexity index is 816. The summed E-state index contributed by atoms with van der Waals surface area (Å²) in [6, 6.07) is 7.57. The monoisotopic (exact) mass is 448 g/mol. The van der Waals surface area contributed by atoms with Crippen molar-refractivity contribution < 1.29 is 28.6 Å². The third kappa shape index (κ3) is 8.99. The van der Waals surface area contributed by atoms with Crippen molar-refractivity contribution in [3.05, 3.63) is 47.5 Å². The van der Waals surface area contributed by atoms with E-state index in [0.717, 1.165) is 24.0 Å². The standard InChI is InChI=1S/C24H36N2O6/c1-8-9-13-31-21(28)25-23(4,5)18-11-10-12-19(16-18)24(6,7)26-22(29)32-15-14-30-20(27)17(2)3/h10-12,16H,2,8-9,13-15H2,1,3-7H3,(H,25,28)(H,26,29). The van der Waals surface area contributed by atoms with Gasteiger partial charge in [0.05, 0.1) is 17.7 Å². The fourth-order valence-electron chi connectivity index (χ4n) is 2.72. The highest BCUT2D eigenvalue weighted by molar-refractivity contribution is 5.86. The highest BCUT2D eigenvalue weighted by Crippen LogP contribution is 2.27. The van der Waals surface area contributed by atoms with Crippen LogP contribution in [0, 0.1) is 0 Å². The number of ether oxygens (including phenoxy) is 3. The lowest BCUT2D eigenvalue weighted by Gasteiger charge is -2.30. The molecule has 0 aromatic heterocycles. The van der Waals surface area contributed by atoms with Crippen molar-refractivity contribution in [2.24, 2.45) is 0 Å². The molecule has 0 saturated heterocycles. The van der Waals surface area contributed by atoms with Gasteiger partial charge in [0.15, 0.2) is 0 Å². The predicted molar refractivity (Wildman–Crippen MR) is 122 cm³/mol. The molecule has 2 N–H and O–H groups in total. The van der Waals surface area contributed by atoms with E-state index in [1.54, 1.807) is 6.92 Å². The summed E-state index contributed by atoms with van der Waals surface area (Å²) >= 11 is 0. The van der Waals surface area contributed by atoms with Gasteiger partial charge in [0.1, 0.15) is 13.2 Å². The molecule has 0 aliphatic heterocycles. The fraction of sp³-hybridized carbons (Fsp3) is 0.542. The van der Waals surface area contributed by atoms with Crippen LogP contribution in [0.15, 0.2) is 36.4 Å². The lowest BCUT2D eigenvalue weighted by Crippen LogP contribution is -2.43. The Hall–Kier alpha value is -3.03. The second-order valence-corrected chi connectivity index (χ2v) is 8.62. The fourth-order valence-corrected chi connectivity index (χ4v) is 2.72. The van der Waals surface area contributed by atoms with Gasteiger partial charge in [-0.2, -0.15) is 0 Å². The van der Waals surface area contributed by atoms with Crippen LogP contribution in [0.4, 0.5) is 9.59 Å². The van der Waals surface area contributed by atoms with Crippen molar-refractivity contribution in [2.75, 3.05) is 19.8 Å². The van der Waals surface area contributed by atoms with E-state index in [9.17, 15) is 14.4 Å². The van der Waals surface area contributed by atoms with Gasteiger partial charge < -0.3 is 24.8 Å². The molecule has 0 spiro atoms. The molecule has 0 unspecified atom stereocenters. The third-order valence-corrected chi connectivity index (χ3v) is 4.76. The van der Waals surface area contributed by atoms with Crippen molar-refractivity contribution in [1.82, 2.24) is 10.6 Å². The molecule has 0 saturated carbocycles. The van der Waals surface area contributed by atoms with Crippen LogP contribution in [-0.4, -0.2) is 38.0 Å². The van der Waals surface area contributed by atoms with Gasteiger partial charge in [0.2, 0.25) is 0 Å². The van der Waals surface area contributed by atoms with Crippen molar-refractivity contribution >= 4 is 18.2 Å². The van der Waals surface area contributed by atoms with E-state index < -0.39 is 29.2 Å². The van der Waals surface area contributed by atoms with E-state index >= 15 is 0 Å². The summed E-state index contributed by atoms with van der Waals surface area (Å²) in [6.07, 6.45) is 0.657. The normalized spacial score (nSPS) is 11.3. The third-order valence-electron chi connectivity index (χ3n) is 4.76. The molecule has 0 radical (unpaired) electrons.